The molecular formula is C19H21FN2O2. The first-order valence-corrected chi connectivity index (χ1v) is 8.07. The number of carbonyl (C=O) groups excluding carboxylic acids is 1. The van der Waals surface area contributed by atoms with Crippen LogP contribution < -0.4 is 5.32 Å². The zero-order valence-electron chi connectivity index (χ0n) is 13.7. The molecule has 126 valence electrons. The summed E-state index contributed by atoms with van der Waals surface area (Å²) in [4.78, 5) is 13.6. The number of amides is 1. The van der Waals surface area contributed by atoms with E-state index in [9.17, 15) is 9.18 Å². The Bertz CT molecular complexity index is 720. The van der Waals surface area contributed by atoms with Crippen LogP contribution in [0.15, 0.2) is 48.5 Å². The van der Waals surface area contributed by atoms with Crippen molar-refractivity contribution in [3.63, 3.8) is 0 Å². The van der Waals surface area contributed by atoms with E-state index in [0.717, 1.165) is 23.4 Å². The highest BCUT2D eigenvalue weighted by Gasteiger charge is 2.23. The minimum Gasteiger partial charge on any atom is -0.371 e. The number of morpholine rings is 1. The maximum atomic E-state index is 13.4. The van der Waals surface area contributed by atoms with Gasteiger partial charge >= 0.3 is 0 Å². The van der Waals surface area contributed by atoms with Crippen molar-refractivity contribution in [3.05, 3.63) is 65.5 Å². The summed E-state index contributed by atoms with van der Waals surface area (Å²) in [6, 6.07) is 14.3. The van der Waals surface area contributed by atoms with Crippen LogP contribution in [0.2, 0.25) is 0 Å². The normalized spacial score (nSPS) is 18.3. The SMILES string of the molecule is CC(=O)Nc1ccccc1CN1CCO[C@@H](c2cccc(F)c2)C1. The highest BCUT2D eigenvalue weighted by molar-refractivity contribution is 5.89. The Hall–Kier alpha value is -2.24. The molecular weight excluding hydrogens is 307 g/mol. The molecule has 1 aliphatic heterocycles. The molecule has 1 N–H and O–H groups in total. The second-order valence-corrected chi connectivity index (χ2v) is 5.99. The van der Waals surface area contributed by atoms with Gasteiger partial charge in [0.05, 0.1) is 12.7 Å². The maximum absolute atomic E-state index is 13.4. The molecule has 0 aliphatic carbocycles. The van der Waals surface area contributed by atoms with Crippen molar-refractivity contribution in [2.75, 3.05) is 25.0 Å². The summed E-state index contributed by atoms with van der Waals surface area (Å²) in [7, 11) is 0. The molecule has 0 spiro atoms. The van der Waals surface area contributed by atoms with Gasteiger partial charge in [-0.1, -0.05) is 30.3 Å². The van der Waals surface area contributed by atoms with Crippen molar-refractivity contribution in [3.8, 4) is 0 Å². The molecule has 1 saturated heterocycles. The average Bonchev–Trinajstić information content (AvgIpc) is 2.56. The summed E-state index contributed by atoms with van der Waals surface area (Å²) in [5.41, 5.74) is 2.75. The molecule has 2 aromatic carbocycles. The molecule has 2 aromatic rings. The van der Waals surface area contributed by atoms with E-state index < -0.39 is 0 Å². The molecule has 3 rings (SSSR count). The molecule has 0 aromatic heterocycles. The van der Waals surface area contributed by atoms with Gasteiger partial charge in [0.25, 0.3) is 0 Å². The van der Waals surface area contributed by atoms with Gasteiger partial charge in [-0.25, -0.2) is 4.39 Å². The Balaban J connectivity index is 1.71. The van der Waals surface area contributed by atoms with Crippen LogP contribution >= 0.6 is 0 Å². The van der Waals surface area contributed by atoms with Gasteiger partial charge in [-0.15, -0.1) is 0 Å². The molecule has 1 aliphatic rings. The molecule has 1 heterocycles. The van der Waals surface area contributed by atoms with E-state index in [1.807, 2.05) is 30.3 Å². The fraction of sp³-hybridized carbons (Fsp3) is 0.316. The quantitative estimate of drug-likeness (QED) is 0.936. The number of nitrogens with one attached hydrogen (secondary N) is 1. The van der Waals surface area contributed by atoms with Crippen molar-refractivity contribution in [2.45, 2.75) is 19.6 Å². The predicted octanol–water partition coefficient (Wildman–Crippen LogP) is 3.36. The lowest BCUT2D eigenvalue weighted by Crippen LogP contribution is -2.38. The van der Waals surface area contributed by atoms with Gasteiger partial charge in [0.15, 0.2) is 0 Å². The molecule has 1 fully saturated rings. The van der Waals surface area contributed by atoms with Crippen LogP contribution in [0.3, 0.4) is 0 Å². The maximum Gasteiger partial charge on any atom is 0.221 e. The second kappa shape index (κ2) is 7.55. The summed E-state index contributed by atoms with van der Waals surface area (Å²) in [6.07, 6.45) is -0.137. The van der Waals surface area contributed by atoms with Gasteiger partial charge in [0, 0.05) is 32.2 Å². The van der Waals surface area contributed by atoms with Gasteiger partial charge in [0.2, 0.25) is 5.91 Å². The minimum atomic E-state index is -0.246. The van der Waals surface area contributed by atoms with Crippen LogP contribution in [0.4, 0.5) is 10.1 Å². The highest BCUT2D eigenvalue weighted by Crippen LogP contribution is 2.25. The van der Waals surface area contributed by atoms with E-state index in [2.05, 4.69) is 10.2 Å². The summed E-state index contributed by atoms with van der Waals surface area (Å²) < 4.78 is 19.2. The zero-order valence-corrected chi connectivity index (χ0v) is 13.7. The third kappa shape index (κ3) is 4.19. The Morgan fingerprint density at radius 2 is 2.12 bits per heavy atom. The summed E-state index contributed by atoms with van der Waals surface area (Å²) in [5.74, 6) is -0.328. The number of nitrogens with zero attached hydrogens (tertiary/aromatic N) is 1. The number of para-hydroxylation sites is 1. The van der Waals surface area contributed by atoms with Crippen LogP contribution in [0.25, 0.3) is 0 Å². The molecule has 4 nitrogen and oxygen atoms in total. The molecule has 0 unspecified atom stereocenters. The zero-order chi connectivity index (χ0) is 16.9. The number of ether oxygens (including phenoxy) is 1. The van der Waals surface area contributed by atoms with Gasteiger partial charge in [-0.3, -0.25) is 9.69 Å². The first kappa shape index (κ1) is 16.6. The van der Waals surface area contributed by atoms with Gasteiger partial charge in [-0.2, -0.15) is 0 Å². The van der Waals surface area contributed by atoms with Crippen LogP contribution in [0.1, 0.15) is 24.2 Å². The van der Waals surface area contributed by atoms with Crippen LogP contribution in [-0.2, 0) is 16.1 Å². The lowest BCUT2D eigenvalue weighted by atomic mass is 10.1. The van der Waals surface area contributed by atoms with Crippen molar-refractivity contribution < 1.29 is 13.9 Å². The number of anilines is 1. The van der Waals surface area contributed by atoms with Gasteiger partial charge in [0.1, 0.15) is 5.82 Å². The number of carbonyl (C=O) groups is 1. The molecule has 5 heteroatoms. The fourth-order valence-electron chi connectivity index (χ4n) is 2.97. The lowest BCUT2D eigenvalue weighted by Gasteiger charge is -2.33. The number of hydrogen-bond acceptors (Lipinski definition) is 3. The molecule has 1 atom stereocenters. The van der Waals surface area contributed by atoms with E-state index >= 15 is 0 Å². The Morgan fingerprint density at radius 1 is 1.29 bits per heavy atom. The lowest BCUT2D eigenvalue weighted by molar-refractivity contribution is -0.114. The molecule has 24 heavy (non-hydrogen) atoms. The fourth-order valence-corrected chi connectivity index (χ4v) is 2.97. The van der Waals surface area contributed by atoms with Gasteiger partial charge < -0.3 is 10.1 Å². The molecule has 1 amide bonds. The molecule has 0 bridgehead atoms. The smallest absolute Gasteiger partial charge is 0.221 e. The summed E-state index contributed by atoms with van der Waals surface area (Å²) >= 11 is 0. The largest absolute Gasteiger partial charge is 0.371 e. The minimum absolute atomic E-state index is 0.0814. The third-order valence-electron chi connectivity index (χ3n) is 4.09. The Kier molecular flexibility index (Phi) is 5.23. The van der Waals surface area contributed by atoms with E-state index in [-0.39, 0.29) is 17.8 Å². The van der Waals surface area contributed by atoms with E-state index in [1.54, 1.807) is 6.07 Å². The average molecular weight is 328 g/mol. The number of halogens is 1. The molecule has 0 radical (unpaired) electrons. The van der Waals surface area contributed by atoms with Crippen molar-refractivity contribution in [1.82, 2.24) is 4.90 Å². The Labute approximate surface area is 141 Å². The van der Waals surface area contributed by atoms with E-state index in [4.69, 9.17) is 4.74 Å². The summed E-state index contributed by atoms with van der Waals surface area (Å²) in [5, 5.41) is 2.87. The first-order valence-electron chi connectivity index (χ1n) is 8.07. The third-order valence-corrected chi connectivity index (χ3v) is 4.09. The highest BCUT2D eigenvalue weighted by atomic mass is 19.1. The first-order chi connectivity index (χ1) is 11.6. The van der Waals surface area contributed by atoms with E-state index in [1.165, 1.54) is 19.1 Å². The Morgan fingerprint density at radius 3 is 2.92 bits per heavy atom. The van der Waals surface area contributed by atoms with Crippen LogP contribution in [0.5, 0.6) is 0 Å². The van der Waals surface area contributed by atoms with Crippen molar-refractivity contribution >= 4 is 11.6 Å². The van der Waals surface area contributed by atoms with Crippen molar-refractivity contribution in [1.29, 1.82) is 0 Å². The number of hydrogen-bond donors (Lipinski definition) is 1. The van der Waals surface area contributed by atoms with Gasteiger partial charge in [-0.05, 0) is 29.3 Å². The standard InChI is InChI=1S/C19H21FN2O2/c1-14(23)21-18-8-3-2-5-16(18)12-22-9-10-24-19(13-22)15-6-4-7-17(20)11-15/h2-8,11,19H,9-10,12-13H2,1H3,(H,21,23)/t19-/m1/s1. The topological polar surface area (TPSA) is 41.6 Å². The second-order valence-electron chi connectivity index (χ2n) is 5.99. The van der Waals surface area contributed by atoms with Crippen LogP contribution in [-0.4, -0.2) is 30.5 Å². The van der Waals surface area contributed by atoms with E-state index in [0.29, 0.717) is 19.7 Å². The predicted molar refractivity (Wildman–Crippen MR) is 91.1 cm³/mol. The monoisotopic (exact) mass is 328 g/mol. The number of rotatable bonds is 4. The molecule has 0 saturated carbocycles. The van der Waals surface area contributed by atoms with Crippen LogP contribution in [0, 0.1) is 5.82 Å². The van der Waals surface area contributed by atoms with Crippen molar-refractivity contribution in [2.24, 2.45) is 0 Å². The number of benzene rings is 2. The summed E-state index contributed by atoms with van der Waals surface area (Å²) in [6.45, 7) is 4.32.